The number of benzene rings is 2. The van der Waals surface area contributed by atoms with Crippen LogP contribution in [0.1, 0.15) is 28.0 Å². The maximum absolute atomic E-state index is 13.6. The Morgan fingerprint density at radius 3 is 2.60 bits per heavy atom. The number of ether oxygens (including phenoxy) is 2. The zero-order valence-electron chi connectivity index (χ0n) is 16.1. The normalized spacial score (nSPS) is 11.6. The molecule has 0 fully saturated rings. The summed E-state index contributed by atoms with van der Waals surface area (Å²) in [7, 11) is 0. The second-order valence-electron chi connectivity index (χ2n) is 6.39. The maximum atomic E-state index is 13.6. The number of carbonyl (C=O) groups excluding carboxylic acids is 2. The molecule has 1 amide bonds. The molecule has 0 aliphatic rings. The topological polar surface area (TPSA) is 77.5 Å². The van der Waals surface area contributed by atoms with Crippen molar-refractivity contribution in [3.8, 4) is 5.75 Å². The van der Waals surface area contributed by atoms with Crippen molar-refractivity contribution in [1.29, 1.82) is 0 Å². The van der Waals surface area contributed by atoms with Gasteiger partial charge in [0.1, 0.15) is 29.0 Å². The van der Waals surface area contributed by atoms with Gasteiger partial charge in [-0.1, -0.05) is 17.7 Å². The van der Waals surface area contributed by atoms with Gasteiger partial charge < -0.3 is 14.8 Å². The molecule has 30 heavy (non-hydrogen) atoms. The van der Waals surface area contributed by atoms with Crippen molar-refractivity contribution in [3.63, 3.8) is 0 Å². The fourth-order valence-electron chi connectivity index (χ4n) is 2.35. The Balaban J connectivity index is 1.53. The highest BCUT2D eigenvalue weighted by atomic mass is 32.1. The molecule has 1 N–H and O–H groups in total. The highest BCUT2D eigenvalue weighted by Gasteiger charge is 2.22. The molecule has 1 unspecified atom stereocenters. The molecule has 156 valence electrons. The van der Waals surface area contributed by atoms with Crippen LogP contribution in [0.5, 0.6) is 5.75 Å². The lowest BCUT2D eigenvalue weighted by atomic mass is 10.2. The molecule has 1 atom stereocenters. The lowest BCUT2D eigenvalue weighted by molar-refractivity contribution is -0.123. The minimum Gasteiger partial charge on any atom is -0.486 e. The summed E-state index contributed by atoms with van der Waals surface area (Å²) >= 11 is 1.22. The average Bonchev–Trinajstić information content (AvgIpc) is 3.19. The number of nitrogens with zero attached hydrogens (tertiary/aromatic N) is 1. The molecule has 2 aromatic carbocycles. The number of nitrogens with one attached hydrogen (secondary N) is 1. The fourth-order valence-corrected chi connectivity index (χ4v) is 3.02. The van der Waals surface area contributed by atoms with Crippen molar-refractivity contribution in [2.24, 2.45) is 0 Å². The summed E-state index contributed by atoms with van der Waals surface area (Å²) in [5.41, 5.74) is 0.936. The van der Waals surface area contributed by atoms with Gasteiger partial charge in [-0.3, -0.25) is 4.79 Å². The highest BCUT2D eigenvalue weighted by molar-refractivity contribution is 7.09. The van der Waals surface area contributed by atoms with Crippen molar-refractivity contribution in [2.75, 3.05) is 5.32 Å². The minimum atomic E-state index is -1.21. The predicted octanol–water partition coefficient (Wildman–Crippen LogP) is 4.49. The Kier molecular flexibility index (Phi) is 6.73. The molecule has 6 nitrogen and oxygen atoms in total. The molecule has 1 aromatic heterocycles. The molecule has 0 saturated carbocycles. The van der Waals surface area contributed by atoms with E-state index in [1.807, 2.05) is 31.2 Å². The molecular weight excluding hydrogens is 414 g/mol. The molecule has 0 spiro atoms. The number of thiazole rings is 1. The SMILES string of the molecule is Cc1ccc(OCc2nc(C(=O)OC(C)C(=O)Nc3ccc(F)cc3F)cs2)cc1. The molecule has 0 aliphatic heterocycles. The third kappa shape index (κ3) is 5.60. The van der Waals surface area contributed by atoms with E-state index in [0.29, 0.717) is 16.8 Å². The Bertz CT molecular complexity index is 1050. The first-order valence-electron chi connectivity index (χ1n) is 8.92. The monoisotopic (exact) mass is 432 g/mol. The molecule has 0 saturated heterocycles. The molecule has 1 heterocycles. The second-order valence-corrected chi connectivity index (χ2v) is 7.33. The summed E-state index contributed by atoms with van der Waals surface area (Å²) in [6.45, 7) is 3.49. The number of hydrogen-bond acceptors (Lipinski definition) is 6. The summed E-state index contributed by atoms with van der Waals surface area (Å²) in [4.78, 5) is 28.5. The molecule has 3 aromatic rings. The standard InChI is InChI=1S/C21H18F2N2O4S/c1-12-3-6-15(7-4-12)28-10-19-24-18(11-30-19)21(27)29-13(2)20(26)25-17-8-5-14(22)9-16(17)23/h3-9,11,13H,10H2,1-2H3,(H,25,26). The smallest absolute Gasteiger partial charge is 0.358 e. The van der Waals surface area contributed by atoms with Crippen LogP contribution in [0, 0.1) is 18.6 Å². The lowest BCUT2D eigenvalue weighted by Gasteiger charge is -2.13. The predicted molar refractivity (Wildman–Crippen MR) is 107 cm³/mol. The summed E-state index contributed by atoms with van der Waals surface area (Å²) in [5, 5.41) is 4.31. The number of esters is 1. The Hall–Kier alpha value is -3.33. The van der Waals surface area contributed by atoms with E-state index in [1.165, 1.54) is 23.6 Å². The van der Waals surface area contributed by atoms with Crippen LogP contribution in [0.3, 0.4) is 0 Å². The molecule has 9 heteroatoms. The van der Waals surface area contributed by atoms with Crippen LogP contribution in [-0.4, -0.2) is 23.0 Å². The molecule has 0 radical (unpaired) electrons. The number of anilines is 1. The minimum absolute atomic E-state index is 0.0371. The van der Waals surface area contributed by atoms with Gasteiger partial charge in [0.05, 0.1) is 5.69 Å². The van der Waals surface area contributed by atoms with Crippen molar-refractivity contribution < 1.29 is 27.8 Å². The van der Waals surface area contributed by atoms with Crippen LogP contribution in [0.4, 0.5) is 14.5 Å². The van der Waals surface area contributed by atoms with Gasteiger partial charge in [0, 0.05) is 11.4 Å². The quantitative estimate of drug-likeness (QED) is 0.557. The van der Waals surface area contributed by atoms with Crippen LogP contribution in [-0.2, 0) is 16.1 Å². The molecule has 0 bridgehead atoms. The first-order chi connectivity index (χ1) is 14.3. The molecular formula is C21H18F2N2O4S. The lowest BCUT2D eigenvalue weighted by Crippen LogP contribution is -2.30. The first-order valence-corrected chi connectivity index (χ1v) is 9.80. The van der Waals surface area contributed by atoms with Gasteiger partial charge in [-0.05, 0) is 38.1 Å². The Labute approximate surface area is 175 Å². The van der Waals surface area contributed by atoms with E-state index in [2.05, 4.69) is 10.3 Å². The van der Waals surface area contributed by atoms with Crippen LogP contribution < -0.4 is 10.1 Å². The van der Waals surface area contributed by atoms with E-state index < -0.39 is 29.6 Å². The Morgan fingerprint density at radius 1 is 1.17 bits per heavy atom. The zero-order chi connectivity index (χ0) is 21.7. The Morgan fingerprint density at radius 2 is 1.90 bits per heavy atom. The van der Waals surface area contributed by atoms with Crippen molar-refractivity contribution in [1.82, 2.24) is 4.98 Å². The van der Waals surface area contributed by atoms with Crippen LogP contribution >= 0.6 is 11.3 Å². The number of aromatic nitrogens is 1. The first kappa shape index (κ1) is 21.4. The van der Waals surface area contributed by atoms with Crippen molar-refractivity contribution in [2.45, 2.75) is 26.6 Å². The second kappa shape index (κ2) is 9.45. The number of amides is 1. The average molecular weight is 432 g/mol. The van der Waals surface area contributed by atoms with Crippen LogP contribution in [0.15, 0.2) is 47.8 Å². The highest BCUT2D eigenvalue weighted by Crippen LogP contribution is 2.18. The van der Waals surface area contributed by atoms with Crippen LogP contribution in [0.25, 0.3) is 0 Å². The van der Waals surface area contributed by atoms with E-state index in [4.69, 9.17) is 9.47 Å². The third-order valence-electron chi connectivity index (χ3n) is 3.99. The van der Waals surface area contributed by atoms with Crippen LogP contribution in [0.2, 0.25) is 0 Å². The maximum Gasteiger partial charge on any atom is 0.358 e. The van der Waals surface area contributed by atoms with Crippen molar-refractivity contribution >= 4 is 28.9 Å². The number of rotatable bonds is 7. The van der Waals surface area contributed by atoms with Gasteiger partial charge >= 0.3 is 5.97 Å². The molecule has 3 rings (SSSR count). The summed E-state index contributed by atoms with van der Waals surface area (Å²) in [5.74, 6) is -2.57. The van der Waals surface area contributed by atoms with Crippen molar-refractivity contribution in [3.05, 3.63) is 75.7 Å². The number of aryl methyl sites for hydroxylation is 1. The van der Waals surface area contributed by atoms with E-state index in [0.717, 1.165) is 17.7 Å². The van der Waals surface area contributed by atoms with Gasteiger partial charge in [-0.15, -0.1) is 11.3 Å². The summed E-state index contributed by atoms with van der Waals surface area (Å²) in [6, 6.07) is 10.2. The summed E-state index contributed by atoms with van der Waals surface area (Å²) < 4.78 is 37.3. The number of carbonyl (C=O) groups is 2. The van der Waals surface area contributed by atoms with Gasteiger partial charge in [-0.25, -0.2) is 18.6 Å². The van der Waals surface area contributed by atoms with E-state index >= 15 is 0 Å². The van der Waals surface area contributed by atoms with Gasteiger partial charge in [0.2, 0.25) is 0 Å². The third-order valence-corrected chi connectivity index (χ3v) is 4.81. The number of halogens is 2. The summed E-state index contributed by atoms with van der Waals surface area (Å²) in [6.07, 6.45) is -1.21. The molecule has 0 aliphatic carbocycles. The van der Waals surface area contributed by atoms with Gasteiger partial charge in [-0.2, -0.15) is 0 Å². The van der Waals surface area contributed by atoms with Gasteiger partial charge in [0.15, 0.2) is 11.8 Å². The van der Waals surface area contributed by atoms with Gasteiger partial charge in [0.25, 0.3) is 5.91 Å². The number of hydrogen-bond donors (Lipinski definition) is 1. The fraction of sp³-hybridized carbons (Fsp3) is 0.190. The largest absolute Gasteiger partial charge is 0.486 e. The zero-order valence-corrected chi connectivity index (χ0v) is 17.0. The van der Waals surface area contributed by atoms with E-state index in [9.17, 15) is 18.4 Å². The van der Waals surface area contributed by atoms with E-state index in [-0.39, 0.29) is 18.0 Å². The van der Waals surface area contributed by atoms with E-state index in [1.54, 1.807) is 0 Å².